The van der Waals surface area contributed by atoms with E-state index in [1.54, 1.807) is 7.11 Å². The van der Waals surface area contributed by atoms with E-state index in [9.17, 15) is 0 Å². The molecule has 0 saturated heterocycles. The van der Waals surface area contributed by atoms with Crippen LogP contribution in [0, 0.1) is 5.92 Å². The van der Waals surface area contributed by atoms with Crippen molar-refractivity contribution in [3.8, 4) is 0 Å². The van der Waals surface area contributed by atoms with E-state index in [0.717, 1.165) is 38.0 Å². The standard InChI is InChI=1S/C13H23N3O2/c1-4-10(14)11-15-12(16-18-11)13(17-3)7-5-9(2)6-8-13/h9-10H,4-8,14H2,1-3H3/t9?,10-,13?/m0/s1. The zero-order chi connectivity index (χ0) is 13.2. The number of nitrogens with two attached hydrogens (primary N) is 1. The van der Waals surface area contributed by atoms with Crippen LogP contribution in [0.5, 0.6) is 0 Å². The molecule has 18 heavy (non-hydrogen) atoms. The highest BCUT2D eigenvalue weighted by Crippen LogP contribution is 2.40. The van der Waals surface area contributed by atoms with Gasteiger partial charge in [-0.25, -0.2) is 0 Å². The third kappa shape index (κ3) is 2.42. The molecule has 1 aromatic heterocycles. The number of methoxy groups -OCH3 is 1. The third-order valence-corrected chi connectivity index (χ3v) is 4.08. The van der Waals surface area contributed by atoms with Gasteiger partial charge in [-0.15, -0.1) is 0 Å². The summed E-state index contributed by atoms with van der Waals surface area (Å²) in [6, 6.07) is -0.178. The monoisotopic (exact) mass is 253 g/mol. The summed E-state index contributed by atoms with van der Waals surface area (Å²) in [6.45, 7) is 4.27. The third-order valence-electron chi connectivity index (χ3n) is 4.08. The first-order valence-corrected chi connectivity index (χ1v) is 6.76. The topological polar surface area (TPSA) is 74.2 Å². The molecule has 0 bridgehead atoms. The van der Waals surface area contributed by atoms with E-state index in [-0.39, 0.29) is 11.6 Å². The molecular formula is C13H23N3O2. The van der Waals surface area contributed by atoms with Gasteiger partial charge in [0, 0.05) is 7.11 Å². The van der Waals surface area contributed by atoms with Crippen molar-refractivity contribution < 1.29 is 9.26 Å². The smallest absolute Gasteiger partial charge is 0.243 e. The Morgan fingerprint density at radius 2 is 2.17 bits per heavy atom. The fourth-order valence-electron chi connectivity index (χ4n) is 2.49. The Bertz CT molecular complexity index is 383. The first kappa shape index (κ1) is 13.5. The Morgan fingerprint density at radius 3 is 2.72 bits per heavy atom. The van der Waals surface area contributed by atoms with Gasteiger partial charge >= 0.3 is 0 Å². The SMILES string of the molecule is CC[C@H](N)c1nc(C2(OC)CCC(C)CC2)no1. The van der Waals surface area contributed by atoms with Crippen LogP contribution in [0.3, 0.4) is 0 Å². The van der Waals surface area contributed by atoms with Gasteiger partial charge in [0.15, 0.2) is 0 Å². The zero-order valence-electron chi connectivity index (χ0n) is 11.5. The molecule has 1 aliphatic rings. The summed E-state index contributed by atoms with van der Waals surface area (Å²) >= 11 is 0. The second-order valence-corrected chi connectivity index (χ2v) is 5.35. The number of nitrogens with zero attached hydrogens (tertiary/aromatic N) is 2. The molecule has 2 N–H and O–H groups in total. The number of hydrogen-bond donors (Lipinski definition) is 1. The summed E-state index contributed by atoms with van der Waals surface area (Å²) in [5, 5.41) is 4.09. The average molecular weight is 253 g/mol. The molecule has 102 valence electrons. The van der Waals surface area contributed by atoms with Crippen LogP contribution in [0.1, 0.15) is 63.7 Å². The van der Waals surface area contributed by atoms with Gasteiger partial charge in [0.05, 0.1) is 6.04 Å². The first-order chi connectivity index (χ1) is 8.61. The van der Waals surface area contributed by atoms with Crippen LogP contribution >= 0.6 is 0 Å². The molecule has 1 aromatic rings. The molecule has 1 atom stereocenters. The molecule has 1 aliphatic carbocycles. The van der Waals surface area contributed by atoms with Crippen molar-refractivity contribution in [2.45, 2.75) is 57.6 Å². The summed E-state index contributed by atoms with van der Waals surface area (Å²) in [5.41, 5.74) is 5.53. The van der Waals surface area contributed by atoms with Gasteiger partial charge < -0.3 is 15.0 Å². The largest absolute Gasteiger partial charge is 0.370 e. The van der Waals surface area contributed by atoms with Crippen molar-refractivity contribution in [3.63, 3.8) is 0 Å². The maximum absolute atomic E-state index is 5.91. The maximum Gasteiger partial charge on any atom is 0.243 e. The summed E-state index contributed by atoms with van der Waals surface area (Å²) in [5.74, 6) is 1.93. The van der Waals surface area contributed by atoms with Crippen molar-refractivity contribution in [2.24, 2.45) is 11.7 Å². The van der Waals surface area contributed by atoms with Crippen LogP contribution in [0.25, 0.3) is 0 Å². The van der Waals surface area contributed by atoms with Gasteiger partial charge in [0.1, 0.15) is 5.60 Å². The quantitative estimate of drug-likeness (QED) is 0.892. The normalized spacial score (nSPS) is 30.3. The van der Waals surface area contributed by atoms with Crippen molar-refractivity contribution in [1.82, 2.24) is 10.1 Å². The van der Waals surface area contributed by atoms with Gasteiger partial charge in [0.25, 0.3) is 0 Å². The zero-order valence-corrected chi connectivity index (χ0v) is 11.5. The number of hydrogen-bond acceptors (Lipinski definition) is 5. The average Bonchev–Trinajstić information content (AvgIpc) is 2.89. The van der Waals surface area contributed by atoms with Crippen LogP contribution in [0.15, 0.2) is 4.52 Å². The number of ether oxygens (including phenoxy) is 1. The van der Waals surface area contributed by atoms with Crippen LogP contribution in [0.4, 0.5) is 0 Å². The summed E-state index contributed by atoms with van der Waals surface area (Å²) < 4.78 is 11.0. The second kappa shape index (κ2) is 5.36. The van der Waals surface area contributed by atoms with E-state index in [1.807, 2.05) is 6.92 Å². The van der Waals surface area contributed by atoms with E-state index in [1.165, 1.54) is 0 Å². The van der Waals surface area contributed by atoms with Crippen molar-refractivity contribution in [2.75, 3.05) is 7.11 Å². The predicted octanol–water partition coefficient (Wildman–Crippen LogP) is 2.53. The molecule has 0 aliphatic heterocycles. The van der Waals surface area contributed by atoms with Crippen molar-refractivity contribution in [1.29, 1.82) is 0 Å². The fraction of sp³-hybridized carbons (Fsp3) is 0.846. The lowest BCUT2D eigenvalue weighted by molar-refractivity contribution is -0.0609. The molecule has 2 rings (SSSR count). The second-order valence-electron chi connectivity index (χ2n) is 5.35. The molecule has 1 heterocycles. The molecule has 0 radical (unpaired) electrons. The molecule has 0 spiro atoms. The van der Waals surface area contributed by atoms with E-state index >= 15 is 0 Å². The van der Waals surface area contributed by atoms with Gasteiger partial charge in [0.2, 0.25) is 11.7 Å². The summed E-state index contributed by atoms with van der Waals surface area (Å²) in [4.78, 5) is 4.44. The lowest BCUT2D eigenvalue weighted by atomic mass is 9.79. The minimum absolute atomic E-state index is 0.178. The predicted molar refractivity (Wildman–Crippen MR) is 67.8 cm³/mol. The summed E-state index contributed by atoms with van der Waals surface area (Å²) in [6.07, 6.45) is 4.96. The van der Waals surface area contributed by atoms with Crippen LogP contribution in [-0.4, -0.2) is 17.3 Å². The van der Waals surface area contributed by atoms with Crippen molar-refractivity contribution >= 4 is 0 Å². The van der Waals surface area contributed by atoms with E-state index in [2.05, 4.69) is 17.1 Å². The Kier molecular flexibility index (Phi) is 4.02. The van der Waals surface area contributed by atoms with E-state index in [4.69, 9.17) is 15.0 Å². The highest BCUT2D eigenvalue weighted by Gasteiger charge is 2.40. The van der Waals surface area contributed by atoms with Gasteiger partial charge in [-0.05, 0) is 38.0 Å². The Hall–Kier alpha value is -0.940. The summed E-state index contributed by atoms with van der Waals surface area (Å²) in [7, 11) is 1.73. The fourth-order valence-corrected chi connectivity index (χ4v) is 2.49. The van der Waals surface area contributed by atoms with Crippen molar-refractivity contribution in [3.05, 3.63) is 11.7 Å². The van der Waals surface area contributed by atoms with Gasteiger partial charge in [-0.3, -0.25) is 0 Å². The van der Waals surface area contributed by atoms with E-state index < -0.39 is 0 Å². The van der Waals surface area contributed by atoms with Crippen LogP contribution < -0.4 is 5.73 Å². The number of rotatable bonds is 4. The molecule has 5 nitrogen and oxygen atoms in total. The molecule has 1 saturated carbocycles. The Labute approximate surface area is 108 Å². The molecule has 5 heteroatoms. The Balaban J connectivity index is 2.20. The van der Waals surface area contributed by atoms with Crippen LogP contribution in [-0.2, 0) is 10.3 Å². The van der Waals surface area contributed by atoms with Crippen LogP contribution in [0.2, 0.25) is 0 Å². The lowest BCUT2D eigenvalue weighted by Gasteiger charge is -2.35. The lowest BCUT2D eigenvalue weighted by Crippen LogP contribution is -2.34. The molecular weight excluding hydrogens is 230 g/mol. The van der Waals surface area contributed by atoms with Gasteiger partial charge in [-0.1, -0.05) is 19.0 Å². The molecule has 0 unspecified atom stereocenters. The maximum atomic E-state index is 5.91. The molecule has 0 aromatic carbocycles. The Morgan fingerprint density at radius 1 is 1.50 bits per heavy atom. The minimum Gasteiger partial charge on any atom is -0.370 e. The minimum atomic E-state index is -0.373. The number of aromatic nitrogens is 2. The van der Waals surface area contributed by atoms with E-state index in [0.29, 0.717) is 11.7 Å². The molecule has 1 fully saturated rings. The molecule has 0 amide bonds. The highest BCUT2D eigenvalue weighted by atomic mass is 16.5. The highest BCUT2D eigenvalue weighted by molar-refractivity contribution is 5.05. The van der Waals surface area contributed by atoms with Gasteiger partial charge in [-0.2, -0.15) is 4.98 Å². The first-order valence-electron chi connectivity index (χ1n) is 6.76.